The molecule has 0 heterocycles. The molecular formula is C20H26N2O3S. The normalized spacial score (nSPS) is 11.4. The zero-order valence-electron chi connectivity index (χ0n) is 15.7. The lowest BCUT2D eigenvalue weighted by Crippen LogP contribution is -2.25. The second-order valence-corrected chi connectivity index (χ2v) is 8.57. The Morgan fingerprint density at radius 1 is 1.04 bits per heavy atom. The highest BCUT2D eigenvalue weighted by atomic mass is 32.2. The molecule has 140 valence electrons. The average molecular weight is 375 g/mol. The smallest absolute Gasteiger partial charge is 0.261 e. The zero-order chi connectivity index (χ0) is 19.3. The van der Waals surface area contributed by atoms with E-state index in [9.17, 15) is 13.2 Å². The third-order valence-corrected chi connectivity index (χ3v) is 5.45. The molecule has 26 heavy (non-hydrogen) atoms. The second-order valence-electron chi connectivity index (χ2n) is 6.89. The van der Waals surface area contributed by atoms with Crippen molar-refractivity contribution in [3.05, 3.63) is 59.2 Å². The highest BCUT2D eigenvalue weighted by Crippen LogP contribution is 2.21. The van der Waals surface area contributed by atoms with E-state index in [2.05, 4.69) is 23.9 Å². The van der Waals surface area contributed by atoms with E-state index in [0.717, 1.165) is 17.5 Å². The molecule has 0 aliphatic heterocycles. The Morgan fingerprint density at radius 2 is 1.69 bits per heavy atom. The number of sulfonamides is 1. The topological polar surface area (TPSA) is 75.3 Å². The van der Waals surface area contributed by atoms with Gasteiger partial charge in [0, 0.05) is 12.1 Å². The van der Waals surface area contributed by atoms with Crippen molar-refractivity contribution in [2.24, 2.45) is 5.92 Å². The Labute approximate surface area is 155 Å². The number of nitrogens with one attached hydrogen (secondary N) is 2. The van der Waals surface area contributed by atoms with Gasteiger partial charge in [-0.05, 0) is 67.6 Å². The summed E-state index contributed by atoms with van der Waals surface area (Å²) >= 11 is 0. The Balaban J connectivity index is 2.11. The summed E-state index contributed by atoms with van der Waals surface area (Å²) in [5, 5.41) is 2.84. The van der Waals surface area contributed by atoms with Crippen LogP contribution >= 0.6 is 0 Å². The Morgan fingerprint density at radius 3 is 2.31 bits per heavy atom. The van der Waals surface area contributed by atoms with Gasteiger partial charge in [-0.1, -0.05) is 26.0 Å². The number of hydrogen-bond acceptors (Lipinski definition) is 3. The number of hydrogen-bond donors (Lipinski definition) is 2. The Hall–Kier alpha value is -2.34. The van der Waals surface area contributed by atoms with Crippen LogP contribution in [0, 0.1) is 19.8 Å². The molecule has 6 heteroatoms. The van der Waals surface area contributed by atoms with Gasteiger partial charge in [0.25, 0.3) is 15.9 Å². The molecule has 0 aliphatic rings. The van der Waals surface area contributed by atoms with Gasteiger partial charge in [-0.2, -0.15) is 0 Å². The lowest BCUT2D eigenvalue weighted by Gasteiger charge is -2.12. The molecule has 0 spiro atoms. The summed E-state index contributed by atoms with van der Waals surface area (Å²) in [5.74, 6) is 0.316. The van der Waals surface area contributed by atoms with Crippen LogP contribution in [0.25, 0.3) is 0 Å². The summed E-state index contributed by atoms with van der Waals surface area (Å²) in [7, 11) is -3.70. The summed E-state index contributed by atoms with van der Waals surface area (Å²) in [5.41, 5.74) is 2.82. The number of amides is 1. The van der Waals surface area contributed by atoms with Gasteiger partial charge in [-0.15, -0.1) is 0 Å². The van der Waals surface area contributed by atoms with Crippen LogP contribution < -0.4 is 10.0 Å². The lowest BCUT2D eigenvalue weighted by molar-refractivity contribution is 0.0952. The largest absolute Gasteiger partial charge is 0.352 e. The van der Waals surface area contributed by atoms with Crippen molar-refractivity contribution in [3.8, 4) is 0 Å². The third-order valence-electron chi connectivity index (χ3n) is 4.07. The van der Waals surface area contributed by atoms with Crippen LogP contribution in [0.5, 0.6) is 0 Å². The van der Waals surface area contributed by atoms with Crippen molar-refractivity contribution in [2.45, 2.75) is 39.0 Å². The highest BCUT2D eigenvalue weighted by molar-refractivity contribution is 7.92. The molecule has 0 bridgehead atoms. The molecule has 0 fully saturated rings. The molecule has 0 radical (unpaired) electrons. The molecule has 0 saturated heterocycles. The number of rotatable bonds is 7. The van der Waals surface area contributed by atoms with E-state index in [-0.39, 0.29) is 10.8 Å². The van der Waals surface area contributed by atoms with Crippen molar-refractivity contribution >= 4 is 21.6 Å². The molecule has 0 unspecified atom stereocenters. The van der Waals surface area contributed by atoms with Crippen molar-refractivity contribution in [3.63, 3.8) is 0 Å². The van der Waals surface area contributed by atoms with Gasteiger partial charge in [0.05, 0.1) is 10.6 Å². The van der Waals surface area contributed by atoms with Crippen LogP contribution in [0.1, 0.15) is 41.8 Å². The van der Waals surface area contributed by atoms with Crippen LogP contribution in [-0.4, -0.2) is 20.9 Å². The molecule has 0 saturated carbocycles. The number of carbonyl (C=O) groups excluding carboxylic acids is 1. The van der Waals surface area contributed by atoms with Gasteiger partial charge in [0.15, 0.2) is 0 Å². The van der Waals surface area contributed by atoms with Crippen molar-refractivity contribution in [2.75, 3.05) is 11.3 Å². The summed E-state index contributed by atoms with van der Waals surface area (Å²) in [6, 6.07) is 11.6. The van der Waals surface area contributed by atoms with Gasteiger partial charge in [0.2, 0.25) is 0 Å². The van der Waals surface area contributed by atoms with Gasteiger partial charge in [-0.25, -0.2) is 8.42 Å². The van der Waals surface area contributed by atoms with Gasteiger partial charge in [-0.3, -0.25) is 9.52 Å². The summed E-state index contributed by atoms with van der Waals surface area (Å²) in [6.45, 7) is 8.54. The minimum absolute atomic E-state index is 0.122. The van der Waals surface area contributed by atoms with E-state index in [1.54, 1.807) is 6.07 Å². The lowest BCUT2D eigenvalue weighted by atomic mass is 10.1. The van der Waals surface area contributed by atoms with E-state index in [1.165, 1.54) is 24.3 Å². The number of benzene rings is 2. The molecule has 5 nitrogen and oxygen atoms in total. The SMILES string of the molecule is Cc1ccc(C)c(NS(=O)(=O)c2ccc(C(=O)NCCC(C)C)cc2)c1. The summed E-state index contributed by atoms with van der Waals surface area (Å²) in [4.78, 5) is 12.2. The minimum Gasteiger partial charge on any atom is -0.352 e. The highest BCUT2D eigenvalue weighted by Gasteiger charge is 2.16. The van der Waals surface area contributed by atoms with Gasteiger partial charge >= 0.3 is 0 Å². The first-order valence-electron chi connectivity index (χ1n) is 8.67. The van der Waals surface area contributed by atoms with E-state index in [4.69, 9.17) is 0 Å². The molecule has 2 rings (SSSR count). The molecule has 2 N–H and O–H groups in total. The Kier molecular flexibility index (Phi) is 6.42. The molecule has 0 aromatic heterocycles. The predicted molar refractivity (Wildman–Crippen MR) is 105 cm³/mol. The fraction of sp³-hybridized carbons (Fsp3) is 0.350. The van der Waals surface area contributed by atoms with Crippen molar-refractivity contribution in [1.29, 1.82) is 0 Å². The van der Waals surface area contributed by atoms with Crippen LogP contribution in [0.2, 0.25) is 0 Å². The molecule has 2 aromatic carbocycles. The third kappa shape index (κ3) is 5.33. The maximum atomic E-state index is 12.6. The number of aryl methyl sites for hydroxylation is 2. The Bertz CT molecular complexity index is 872. The fourth-order valence-corrected chi connectivity index (χ4v) is 3.53. The maximum Gasteiger partial charge on any atom is 0.261 e. The second kappa shape index (κ2) is 8.36. The van der Waals surface area contributed by atoms with E-state index in [1.807, 2.05) is 26.0 Å². The first-order chi connectivity index (χ1) is 12.2. The van der Waals surface area contributed by atoms with Crippen LogP contribution in [0.15, 0.2) is 47.4 Å². The maximum absolute atomic E-state index is 12.6. The molecule has 0 atom stereocenters. The molecule has 2 aromatic rings. The van der Waals surface area contributed by atoms with E-state index >= 15 is 0 Å². The van der Waals surface area contributed by atoms with Gasteiger partial charge in [0.1, 0.15) is 0 Å². The molecular weight excluding hydrogens is 348 g/mol. The first-order valence-corrected chi connectivity index (χ1v) is 10.2. The minimum atomic E-state index is -3.70. The van der Waals surface area contributed by atoms with E-state index < -0.39 is 10.0 Å². The average Bonchev–Trinajstić information content (AvgIpc) is 2.57. The van der Waals surface area contributed by atoms with Crippen LogP contribution in [-0.2, 0) is 10.0 Å². The molecule has 1 amide bonds. The van der Waals surface area contributed by atoms with Gasteiger partial charge < -0.3 is 5.32 Å². The quantitative estimate of drug-likeness (QED) is 0.772. The molecule has 0 aliphatic carbocycles. The fourth-order valence-electron chi connectivity index (χ4n) is 2.41. The van der Waals surface area contributed by atoms with Crippen molar-refractivity contribution in [1.82, 2.24) is 5.32 Å². The van der Waals surface area contributed by atoms with Crippen LogP contribution in [0.4, 0.5) is 5.69 Å². The summed E-state index contributed by atoms with van der Waals surface area (Å²) < 4.78 is 27.8. The predicted octanol–water partition coefficient (Wildman–Crippen LogP) is 3.88. The monoisotopic (exact) mass is 374 g/mol. The standard InChI is InChI=1S/C20H26N2O3S/c1-14(2)11-12-21-20(23)17-7-9-18(10-8-17)26(24,25)22-19-13-15(3)5-6-16(19)4/h5-10,13-14,22H,11-12H2,1-4H3,(H,21,23). The zero-order valence-corrected chi connectivity index (χ0v) is 16.5. The van der Waals surface area contributed by atoms with E-state index in [0.29, 0.717) is 23.7 Å². The summed E-state index contributed by atoms with van der Waals surface area (Å²) in [6.07, 6.45) is 0.901. The first kappa shape index (κ1) is 20.0. The van der Waals surface area contributed by atoms with Crippen molar-refractivity contribution < 1.29 is 13.2 Å². The van der Waals surface area contributed by atoms with Crippen LogP contribution in [0.3, 0.4) is 0 Å². The number of anilines is 1. The number of carbonyl (C=O) groups is 1.